The zero-order valence-electron chi connectivity index (χ0n) is 14.5. The summed E-state index contributed by atoms with van der Waals surface area (Å²) in [5, 5.41) is 15.5. The predicted molar refractivity (Wildman–Crippen MR) is 104 cm³/mol. The van der Waals surface area contributed by atoms with Crippen molar-refractivity contribution in [2.45, 2.75) is 31.3 Å². The Morgan fingerprint density at radius 2 is 1.93 bits per heavy atom. The highest BCUT2D eigenvalue weighted by Gasteiger charge is 2.39. The van der Waals surface area contributed by atoms with Crippen LogP contribution >= 0.6 is 11.6 Å². The molecule has 138 valence electrons. The monoisotopic (exact) mass is 383 g/mol. The molecule has 0 aliphatic heterocycles. The number of carbonyl (C=O) groups excluding carboxylic acids is 1. The molecule has 27 heavy (non-hydrogen) atoms. The molecule has 6 nitrogen and oxygen atoms in total. The van der Waals surface area contributed by atoms with E-state index in [1.165, 1.54) is 12.1 Å². The lowest BCUT2D eigenvalue weighted by Crippen LogP contribution is -2.51. The average Bonchev–Trinajstić information content (AvgIpc) is 3.01. The first-order chi connectivity index (χ1) is 13.0. The minimum atomic E-state index is -0.421. The van der Waals surface area contributed by atoms with Crippen LogP contribution in [0.4, 0.5) is 5.69 Å². The number of nitro benzene ring substituents is 1. The van der Waals surface area contributed by atoms with Crippen molar-refractivity contribution in [3.8, 4) is 0 Å². The van der Waals surface area contributed by atoms with Crippen molar-refractivity contribution in [2.75, 3.05) is 0 Å². The summed E-state index contributed by atoms with van der Waals surface area (Å²) in [7, 11) is 0. The van der Waals surface area contributed by atoms with Crippen molar-refractivity contribution in [3.05, 3.63) is 75.4 Å². The Labute approximate surface area is 160 Å². The van der Waals surface area contributed by atoms with Crippen LogP contribution in [0.5, 0.6) is 0 Å². The first-order valence-corrected chi connectivity index (χ1v) is 9.15. The molecule has 4 rings (SSSR count). The SMILES string of the molecule is O=C(Cn1ccc2cc([N+](=O)[O-])ccc21)NC1(c2ccc(Cl)cc2)CCC1. The molecule has 3 aromatic rings. The van der Waals surface area contributed by atoms with E-state index in [-0.39, 0.29) is 23.7 Å². The minimum Gasteiger partial charge on any atom is -0.345 e. The van der Waals surface area contributed by atoms with Gasteiger partial charge < -0.3 is 9.88 Å². The number of non-ortho nitro benzene ring substituents is 1. The van der Waals surface area contributed by atoms with E-state index in [4.69, 9.17) is 11.6 Å². The van der Waals surface area contributed by atoms with Gasteiger partial charge in [-0.15, -0.1) is 0 Å². The lowest BCUT2D eigenvalue weighted by Gasteiger charge is -2.43. The normalized spacial score (nSPS) is 15.3. The first kappa shape index (κ1) is 17.5. The number of carbonyl (C=O) groups is 1. The number of amides is 1. The molecule has 1 N–H and O–H groups in total. The molecule has 1 saturated carbocycles. The van der Waals surface area contributed by atoms with Crippen LogP contribution in [0.1, 0.15) is 24.8 Å². The van der Waals surface area contributed by atoms with Crippen LogP contribution in [-0.4, -0.2) is 15.4 Å². The van der Waals surface area contributed by atoms with Gasteiger partial charge in [0.15, 0.2) is 0 Å². The Bertz CT molecular complexity index is 1020. The molecule has 0 spiro atoms. The van der Waals surface area contributed by atoms with Crippen LogP contribution in [-0.2, 0) is 16.9 Å². The maximum atomic E-state index is 12.7. The zero-order valence-corrected chi connectivity index (χ0v) is 15.3. The van der Waals surface area contributed by atoms with E-state index < -0.39 is 4.92 Å². The van der Waals surface area contributed by atoms with E-state index >= 15 is 0 Å². The van der Waals surface area contributed by atoms with Crippen LogP contribution < -0.4 is 5.32 Å². The molecule has 0 unspecified atom stereocenters. The number of hydrogen-bond acceptors (Lipinski definition) is 3. The number of nitrogens with one attached hydrogen (secondary N) is 1. The van der Waals surface area contributed by atoms with Gasteiger partial charge in [-0.25, -0.2) is 0 Å². The molecule has 1 aliphatic carbocycles. The third kappa shape index (κ3) is 3.28. The first-order valence-electron chi connectivity index (χ1n) is 8.77. The Morgan fingerprint density at radius 3 is 2.56 bits per heavy atom. The average molecular weight is 384 g/mol. The number of nitrogens with zero attached hydrogens (tertiary/aromatic N) is 2. The maximum Gasteiger partial charge on any atom is 0.270 e. The topological polar surface area (TPSA) is 77.2 Å². The number of benzene rings is 2. The highest BCUT2D eigenvalue weighted by atomic mass is 35.5. The molecule has 0 bridgehead atoms. The van der Waals surface area contributed by atoms with Gasteiger partial charge in [0, 0.05) is 34.3 Å². The number of hydrogen-bond donors (Lipinski definition) is 1. The van der Waals surface area contributed by atoms with E-state index in [0.717, 1.165) is 35.7 Å². The maximum absolute atomic E-state index is 12.7. The van der Waals surface area contributed by atoms with E-state index in [1.807, 2.05) is 28.8 Å². The van der Waals surface area contributed by atoms with Gasteiger partial charge in [-0.05, 0) is 49.1 Å². The van der Waals surface area contributed by atoms with Gasteiger partial charge in [-0.1, -0.05) is 23.7 Å². The lowest BCUT2D eigenvalue weighted by molar-refractivity contribution is -0.384. The van der Waals surface area contributed by atoms with Gasteiger partial charge in [0.1, 0.15) is 6.54 Å². The molecule has 1 aromatic heterocycles. The van der Waals surface area contributed by atoms with Crippen LogP contribution in [0.2, 0.25) is 5.02 Å². The number of fused-ring (bicyclic) bond motifs is 1. The van der Waals surface area contributed by atoms with Crippen molar-refractivity contribution in [3.63, 3.8) is 0 Å². The second-order valence-electron chi connectivity index (χ2n) is 6.93. The molecule has 1 heterocycles. The fraction of sp³-hybridized carbons (Fsp3) is 0.250. The quantitative estimate of drug-likeness (QED) is 0.524. The van der Waals surface area contributed by atoms with Gasteiger partial charge in [-0.3, -0.25) is 14.9 Å². The Balaban J connectivity index is 1.53. The molecule has 0 atom stereocenters. The predicted octanol–water partition coefficient (Wildman–Crippen LogP) is 4.40. The largest absolute Gasteiger partial charge is 0.345 e. The minimum absolute atomic E-state index is 0.0425. The van der Waals surface area contributed by atoms with Crippen molar-refractivity contribution >= 4 is 34.1 Å². The standard InChI is InChI=1S/C20H18ClN3O3/c21-16-4-2-15(3-5-16)20(9-1-10-20)22-19(25)13-23-11-8-14-12-17(24(26)27)6-7-18(14)23/h2-8,11-12H,1,9-10,13H2,(H,22,25). The number of nitro groups is 1. The van der Waals surface area contributed by atoms with Crippen molar-refractivity contribution in [2.24, 2.45) is 0 Å². The third-order valence-electron chi connectivity index (χ3n) is 5.26. The molecule has 0 radical (unpaired) electrons. The summed E-state index contributed by atoms with van der Waals surface area (Å²) in [6.07, 6.45) is 4.65. The number of rotatable bonds is 5. The van der Waals surface area contributed by atoms with Crippen LogP contribution in [0.3, 0.4) is 0 Å². The van der Waals surface area contributed by atoms with Crippen molar-refractivity contribution < 1.29 is 9.72 Å². The second-order valence-corrected chi connectivity index (χ2v) is 7.37. The Morgan fingerprint density at radius 1 is 1.19 bits per heavy atom. The summed E-state index contributed by atoms with van der Waals surface area (Å²) in [6.45, 7) is 0.163. The van der Waals surface area contributed by atoms with E-state index in [1.54, 1.807) is 18.3 Å². The molecule has 1 fully saturated rings. The molecular formula is C20H18ClN3O3. The van der Waals surface area contributed by atoms with Crippen LogP contribution in [0, 0.1) is 10.1 Å². The van der Waals surface area contributed by atoms with Gasteiger partial charge in [0.25, 0.3) is 5.69 Å². The van der Waals surface area contributed by atoms with E-state index in [9.17, 15) is 14.9 Å². The van der Waals surface area contributed by atoms with Crippen molar-refractivity contribution in [1.82, 2.24) is 9.88 Å². The van der Waals surface area contributed by atoms with E-state index in [2.05, 4.69) is 5.32 Å². The van der Waals surface area contributed by atoms with E-state index in [0.29, 0.717) is 5.02 Å². The Hall–Kier alpha value is -2.86. The highest BCUT2D eigenvalue weighted by molar-refractivity contribution is 6.30. The smallest absolute Gasteiger partial charge is 0.270 e. The Kier molecular flexibility index (Phi) is 4.36. The number of aromatic nitrogens is 1. The summed E-state index contributed by atoms with van der Waals surface area (Å²) in [6, 6.07) is 14.1. The fourth-order valence-corrected chi connectivity index (χ4v) is 3.81. The molecule has 7 heteroatoms. The van der Waals surface area contributed by atoms with Gasteiger partial charge >= 0.3 is 0 Å². The molecule has 1 aliphatic rings. The lowest BCUT2D eigenvalue weighted by atomic mass is 9.72. The molecule has 2 aromatic carbocycles. The molecule has 0 saturated heterocycles. The summed E-state index contributed by atoms with van der Waals surface area (Å²) < 4.78 is 1.81. The second kappa shape index (κ2) is 6.70. The summed E-state index contributed by atoms with van der Waals surface area (Å²) in [5.74, 6) is -0.0829. The summed E-state index contributed by atoms with van der Waals surface area (Å²) >= 11 is 5.98. The zero-order chi connectivity index (χ0) is 19.0. The molecule has 1 amide bonds. The third-order valence-corrected chi connectivity index (χ3v) is 5.51. The highest BCUT2D eigenvalue weighted by Crippen LogP contribution is 2.41. The van der Waals surface area contributed by atoms with Gasteiger partial charge in [0.2, 0.25) is 5.91 Å². The fourth-order valence-electron chi connectivity index (χ4n) is 3.69. The van der Waals surface area contributed by atoms with Gasteiger partial charge in [-0.2, -0.15) is 0 Å². The van der Waals surface area contributed by atoms with Crippen LogP contribution in [0.15, 0.2) is 54.7 Å². The van der Waals surface area contributed by atoms with Crippen molar-refractivity contribution in [1.29, 1.82) is 0 Å². The van der Waals surface area contributed by atoms with Crippen LogP contribution in [0.25, 0.3) is 10.9 Å². The summed E-state index contributed by atoms with van der Waals surface area (Å²) in [4.78, 5) is 23.2. The summed E-state index contributed by atoms with van der Waals surface area (Å²) in [5.41, 5.74) is 1.58. The van der Waals surface area contributed by atoms with Gasteiger partial charge in [0.05, 0.1) is 10.5 Å². The molecular weight excluding hydrogens is 366 g/mol. The number of halogens is 1.